The van der Waals surface area contributed by atoms with Crippen molar-refractivity contribution in [3.05, 3.63) is 35.9 Å². The molecule has 1 aromatic rings. The summed E-state index contributed by atoms with van der Waals surface area (Å²) in [4.78, 5) is 0. The van der Waals surface area contributed by atoms with Crippen LogP contribution in [0.3, 0.4) is 0 Å². The number of aliphatic hydroxyl groups is 1. The van der Waals surface area contributed by atoms with E-state index in [0.717, 1.165) is 5.56 Å². The Labute approximate surface area is 92.1 Å². The first-order valence-corrected chi connectivity index (χ1v) is 5.99. The third-order valence-corrected chi connectivity index (χ3v) is 3.76. The van der Waals surface area contributed by atoms with E-state index in [2.05, 4.69) is 0 Å². The highest BCUT2D eigenvalue weighted by Gasteiger charge is 2.33. The minimum absolute atomic E-state index is 0.439. The molecule has 0 bridgehead atoms. The molecule has 1 aliphatic rings. The largest absolute Gasteiger partial charge is 0.385 e. The van der Waals surface area contributed by atoms with Gasteiger partial charge in [0.25, 0.3) is 0 Å². The maximum atomic E-state index is 10.6. The van der Waals surface area contributed by atoms with E-state index in [0.29, 0.717) is 5.92 Å². The zero-order chi connectivity index (χ0) is 10.7. The van der Waals surface area contributed by atoms with Crippen molar-refractivity contribution in [3.8, 4) is 0 Å². The van der Waals surface area contributed by atoms with Gasteiger partial charge in [-0.05, 0) is 31.2 Å². The maximum absolute atomic E-state index is 10.6. The molecule has 15 heavy (non-hydrogen) atoms. The lowest BCUT2D eigenvalue weighted by Crippen LogP contribution is -2.33. The third kappa shape index (κ3) is 2.23. The third-order valence-electron chi connectivity index (χ3n) is 3.76. The maximum Gasteiger partial charge on any atom is 0.0896 e. The molecule has 0 saturated heterocycles. The molecule has 0 spiro atoms. The summed E-state index contributed by atoms with van der Waals surface area (Å²) in [5, 5.41) is 10.6. The van der Waals surface area contributed by atoms with Crippen molar-refractivity contribution in [3.63, 3.8) is 0 Å². The molecule has 2 rings (SSSR count). The molecule has 1 aromatic carbocycles. The number of hydrogen-bond acceptors (Lipinski definition) is 1. The Bertz CT molecular complexity index is 296. The van der Waals surface area contributed by atoms with Gasteiger partial charge in [0.05, 0.1) is 5.60 Å². The molecular formula is C14H20O. The van der Waals surface area contributed by atoms with Crippen LogP contribution in [0.4, 0.5) is 0 Å². The molecule has 1 atom stereocenters. The first kappa shape index (κ1) is 10.7. The predicted molar refractivity (Wildman–Crippen MR) is 62.6 cm³/mol. The lowest BCUT2D eigenvalue weighted by molar-refractivity contribution is -0.0215. The molecule has 1 nitrogen and oxygen atoms in total. The topological polar surface area (TPSA) is 20.2 Å². The van der Waals surface area contributed by atoms with Crippen LogP contribution in [0.15, 0.2) is 30.3 Å². The van der Waals surface area contributed by atoms with Crippen molar-refractivity contribution < 1.29 is 5.11 Å². The molecule has 0 aliphatic heterocycles. The van der Waals surface area contributed by atoms with Crippen molar-refractivity contribution in [1.29, 1.82) is 0 Å². The normalized spacial score (nSPS) is 22.3. The van der Waals surface area contributed by atoms with Crippen molar-refractivity contribution in [2.24, 2.45) is 5.92 Å². The molecule has 1 N–H and O–H groups in total. The van der Waals surface area contributed by atoms with Crippen LogP contribution >= 0.6 is 0 Å². The predicted octanol–water partition coefficient (Wildman–Crippen LogP) is 3.47. The SMILES string of the molecule is C[C@@](O)(c1ccccc1)C1CCCCC1. The fourth-order valence-corrected chi connectivity index (χ4v) is 2.68. The van der Waals surface area contributed by atoms with E-state index in [4.69, 9.17) is 0 Å². The number of hydrogen-bond donors (Lipinski definition) is 1. The monoisotopic (exact) mass is 204 g/mol. The van der Waals surface area contributed by atoms with Crippen molar-refractivity contribution in [2.45, 2.75) is 44.6 Å². The molecule has 0 aromatic heterocycles. The van der Waals surface area contributed by atoms with E-state index in [1.165, 1.54) is 32.1 Å². The van der Waals surface area contributed by atoms with E-state index in [-0.39, 0.29) is 0 Å². The highest BCUT2D eigenvalue weighted by Crippen LogP contribution is 2.38. The second-order valence-corrected chi connectivity index (χ2v) is 4.85. The fourth-order valence-electron chi connectivity index (χ4n) is 2.68. The highest BCUT2D eigenvalue weighted by atomic mass is 16.3. The second-order valence-electron chi connectivity index (χ2n) is 4.85. The molecular weight excluding hydrogens is 184 g/mol. The summed E-state index contributed by atoms with van der Waals surface area (Å²) in [7, 11) is 0. The van der Waals surface area contributed by atoms with Gasteiger partial charge in [0.2, 0.25) is 0 Å². The minimum Gasteiger partial charge on any atom is -0.385 e. The highest BCUT2D eigenvalue weighted by molar-refractivity contribution is 5.22. The van der Waals surface area contributed by atoms with Crippen molar-refractivity contribution >= 4 is 0 Å². The van der Waals surface area contributed by atoms with Crippen LogP contribution in [-0.2, 0) is 5.60 Å². The van der Waals surface area contributed by atoms with Gasteiger partial charge in [-0.15, -0.1) is 0 Å². The summed E-state index contributed by atoms with van der Waals surface area (Å²) in [5.74, 6) is 0.439. The van der Waals surface area contributed by atoms with Gasteiger partial charge in [0, 0.05) is 0 Å². The van der Waals surface area contributed by atoms with Crippen LogP contribution in [-0.4, -0.2) is 5.11 Å². The minimum atomic E-state index is -0.637. The van der Waals surface area contributed by atoms with Crippen LogP contribution in [0, 0.1) is 5.92 Å². The summed E-state index contributed by atoms with van der Waals surface area (Å²) >= 11 is 0. The van der Waals surface area contributed by atoms with E-state index in [9.17, 15) is 5.11 Å². The van der Waals surface area contributed by atoms with E-state index < -0.39 is 5.60 Å². The standard InChI is InChI=1S/C14H20O/c1-14(15,12-8-4-2-5-9-12)13-10-6-3-7-11-13/h2,4-5,8-9,13,15H,3,6-7,10-11H2,1H3/t14-/m1/s1. The molecule has 1 heteroatoms. The summed E-state index contributed by atoms with van der Waals surface area (Å²) < 4.78 is 0. The molecule has 0 unspecified atom stereocenters. The van der Waals surface area contributed by atoms with Crippen molar-refractivity contribution in [1.82, 2.24) is 0 Å². The van der Waals surface area contributed by atoms with Crippen LogP contribution in [0.2, 0.25) is 0 Å². The summed E-state index contributed by atoms with van der Waals surface area (Å²) in [6, 6.07) is 10.1. The van der Waals surface area contributed by atoms with Crippen LogP contribution in [0.5, 0.6) is 0 Å². The molecule has 0 radical (unpaired) electrons. The van der Waals surface area contributed by atoms with Crippen molar-refractivity contribution in [2.75, 3.05) is 0 Å². The molecule has 82 valence electrons. The van der Waals surface area contributed by atoms with Gasteiger partial charge in [0.15, 0.2) is 0 Å². The Hall–Kier alpha value is -0.820. The van der Waals surface area contributed by atoms with Gasteiger partial charge in [-0.25, -0.2) is 0 Å². The van der Waals surface area contributed by atoms with Gasteiger partial charge in [-0.2, -0.15) is 0 Å². The Balaban J connectivity index is 2.18. The summed E-state index contributed by atoms with van der Waals surface area (Å²) in [5.41, 5.74) is 0.429. The van der Waals surface area contributed by atoms with E-state index >= 15 is 0 Å². The Morgan fingerprint density at radius 3 is 2.27 bits per heavy atom. The van der Waals surface area contributed by atoms with Crippen LogP contribution in [0.1, 0.15) is 44.6 Å². The average molecular weight is 204 g/mol. The Kier molecular flexibility index (Phi) is 3.11. The van der Waals surface area contributed by atoms with Gasteiger partial charge >= 0.3 is 0 Å². The lowest BCUT2D eigenvalue weighted by Gasteiger charge is -2.36. The summed E-state index contributed by atoms with van der Waals surface area (Å²) in [6.45, 7) is 1.97. The molecule has 1 saturated carbocycles. The van der Waals surface area contributed by atoms with Gasteiger partial charge in [-0.1, -0.05) is 49.6 Å². The second kappa shape index (κ2) is 4.36. The van der Waals surface area contributed by atoms with Crippen LogP contribution < -0.4 is 0 Å². The molecule has 0 amide bonds. The van der Waals surface area contributed by atoms with E-state index in [1.807, 2.05) is 37.3 Å². The lowest BCUT2D eigenvalue weighted by atomic mass is 9.74. The Morgan fingerprint density at radius 1 is 1.07 bits per heavy atom. The van der Waals surface area contributed by atoms with Gasteiger partial charge < -0.3 is 5.11 Å². The number of rotatable bonds is 2. The molecule has 1 fully saturated rings. The fraction of sp³-hybridized carbons (Fsp3) is 0.571. The van der Waals surface area contributed by atoms with Gasteiger partial charge in [-0.3, -0.25) is 0 Å². The molecule has 0 heterocycles. The van der Waals surface area contributed by atoms with E-state index in [1.54, 1.807) is 0 Å². The zero-order valence-corrected chi connectivity index (χ0v) is 9.45. The quantitative estimate of drug-likeness (QED) is 0.782. The average Bonchev–Trinajstić information content (AvgIpc) is 2.31. The first-order chi connectivity index (χ1) is 7.21. The number of benzene rings is 1. The molecule has 1 aliphatic carbocycles. The van der Waals surface area contributed by atoms with Crippen LogP contribution in [0.25, 0.3) is 0 Å². The summed E-state index contributed by atoms with van der Waals surface area (Å²) in [6.07, 6.45) is 6.21. The smallest absolute Gasteiger partial charge is 0.0896 e. The Morgan fingerprint density at radius 2 is 1.67 bits per heavy atom. The zero-order valence-electron chi connectivity index (χ0n) is 9.45. The first-order valence-electron chi connectivity index (χ1n) is 5.99. The van der Waals surface area contributed by atoms with Gasteiger partial charge in [0.1, 0.15) is 0 Å².